The number of nitrogens with one attached hydrogen (secondary N) is 1. The number of methoxy groups -OCH3 is 2. The molecule has 0 aliphatic rings. The third-order valence-corrected chi connectivity index (χ3v) is 3.45. The fraction of sp³-hybridized carbons (Fsp3) is 0.636. The third kappa shape index (κ3) is 3.75. The summed E-state index contributed by atoms with van der Waals surface area (Å²) in [6, 6.07) is 0. The van der Waals surface area contributed by atoms with E-state index in [2.05, 4.69) is 37.9 Å². The van der Waals surface area contributed by atoms with Crippen LogP contribution in [0.2, 0.25) is 0 Å². The topological polar surface area (TPSA) is 56.3 Å². The standard InChI is InChI=1S/C11H18IN3O2/c1-7(5-16-3)10-14-8(6-17-4)9(12)11(13-2)15-10/h7H,5-6H2,1-4H3,(H,13,14,15). The molecule has 0 aromatic carbocycles. The van der Waals surface area contributed by atoms with E-state index in [0.29, 0.717) is 13.2 Å². The molecule has 1 heterocycles. The van der Waals surface area contributed by atoms with Crippen LogP contribution in [0.5, 0.6) is 0 Å². The second kappa shape index (κ2) is 7.07. The molecule has 1 aromatic heterocycles. The van der Waals surface area contributed by atoms with Crippen molar-refractivity contribution in [2.45, 2.75) is 19.4 Å². The van der Waals surface area contributed by atoms with E-state index < -0.39 is 0 Å². The largest absolute Gasteiger partial charge is 0.384 e. The maximum absolute atomic E-state index is 5.15. The second-order valence-corrected chi connectivity index (χ2v) is 4.81. The van der Waals surface area contributed by atoms with Crippen molar-refractivity contribution >= 4 is 28.4 Å². The normalized spacial score (nSPS) is 12.5. The Morgan fingerprint density at radius 2 is 2.00 bits per heavy atom. The summed E-state index contributed by atoms with van der Waals surface area (Å²) in [6.45, 7) is 3.14. The van der Waals surface area contributed by atoms with E-state index in [1.807, 2.05) is 14.0 Å². The zero-order valence-corrected chi connectivity index (χ0v) is 12.7. The minimum absolute atomic E-state index is 0.166. The van der Waals surface area contributed by atoms with Gasteiger partial charge in [0.25, 0.3) is 0 Å². The predicted molar refractivity (Wildman–Crippen MR) is 75.3 cm³/mol. The predicted octanol–water partition coefficient (Wildman–Crippen LogP) is 2.02. The molecule has 17 heavy (non-hydrogen) atoms. The van der Waals surface area contributed by atoms with Crippen molar-refractivity contribution in [3.8, 4) is 0 Å². The lowest BCUT2D eigenvalue weighted by molar-refractivity contribution is 0.175. The summed E-state index contributed by atoms with van der Waals surface area (Å²) in [5.41, 5.74) is 0.908. The molecule has 0 aliphatic carbocycles. The zero-order valence-electron chi connectivity index (χ0n) is 10.6. The molecule has 0 spiro atoms. The molecule has 1 N–H and O–H groups in total. The maximum atomic E-state index is 5.15. The first kappa shape index (κ1) is 14.6. The van der Waals surface area contributed by atoms with E-state index in [0.717, 1.165) is 20.9 Å². The molecule has 1 atom stereocenters. The number of ether oxygens (including phenoxy) is 2. The Morgan fingerprint density at radius 3 is 2.53 bits per heavy atom. The zero-order chi connectivity index (χ0) is 12.8. The van der Waals surface area contributed by atoms with Crippen molar-refractivity contribution in [1.82, 2.24) is 9.97 Å². The number of halogens is 1. The molecule has 0 saturated carbocycles. The monoisotopic (exact) mass is 351 g/mol. The summed E-state index contributed by atoms with van der Waals surface area (Å²) in [6.07, 6.45) is 0. The van der Waals surface area contributed by atoms with Crippen molar-refractivity contribution < 1.29 is 9.47 Å². The summed E-state index contributed by atoms with van der Waals surface area (Å²) < 4.78 is 11.3. The first-order chi connectivity index (χ1) is 8.13. The number of anilines is 1. The van der Waals surface area contributed by atoms with Gasteiger partial charge in [0.1, 0.15) is 11.6 Å². The van der Waals surface area contributed by atoms with Crippen LogP contribution in [0.4, 0.5) is 5.82 Å². The summed E-state index contributed by atoms with van der Waals surface area (Å²) in [4.78, 5) is 9.01. The van der Waals surface area contributed by atoms with Crippen LogP contribution in [-0.4, -0.2) is 37.8 Å². The van der Waals surface area contributed by atoms with Gasteiger partial charge in [-0.05, 0) is 22.6 Å². The van der Waals surface area contributed by atoms with Crippen LogP contribution >= 0.6 is 22.6 Å². The van der Waals surface area contributed by atoms with Gasteiger partial charge in [0, 0.05) is 27.2 Å². The van der Waals surface area contributed by atoms with Gasteiger partial charge in [0.2, 0.25) is 0 Å². The molecular formula is C11H18IN3O2. The highest BCUT2D eigenvalue weighted by molar-refractivity contribution is 14.1. The molecule has 0 amide bonds. The first-order valence-electron chi connectivity index (χ1n) is 5.36. The van der Waals surface area contributed by atoms with Gasteiger partial charge in [-0.15, -0.1) is 0 Å². The van der Waals surface area contributed by atoms with Crippen LogP contribution in [0.25, 0.3) is 0 Å². The van der Waals surface area contributed by atoms with Gasteiger partial charge in [0.05, 0.1) is 22.5 Å². The molecule has 0 saturated heterocycles. The average molecular weight is 351 g/mol. The fourth-order valence-electron chi connectivity index (χ4n) is 1.46. The SMILES string of the molecule is CNc1nc(C(C)COC)nc(COC)c1I. The Kier molecular flexibility index (Phi) is 6.07. The highest BCUT2D eigenvalue weighted by Crippen LogP contribution is 2.22. The molecule has 0 bridgehead atoms. The lowest BCUT2D eigenvalue weighted by Crippen LogP contribution is -2.13. The molecule has 0 aliphatic heterocycles. The molecular weight excluding hydrogens is 333 g/mol. The Balaban J connectivity index is 3.10. The summed E-state index contributed by atoms with van der Waals surface area (Å²) in [7, 11) is 5.19. The van der Waals surface area contributed by atoms with E-state index in [1.54, 1.807) is 14.2 Å². The van der Waals surface area contributed by atoms with Crippen LogP contribution in [0, 0.1) is 3.57 Å². The van der Waals surface area contributed by atoms with Crippen molar-refractivity contribution in [2.75, 3.05) is 33.2 Å². The molecule has 0 fully saturated rings. The Hall–Kier alpha value is -0.470. The Labute approximate surface area is 115 Å². The number of nitrogens with zero attached hydrogens (tertiary/aromatic N) is 2. The lowest BCUT2D eigenvalue weighted by atomic mass is 10.2. The smallest absolute Gasteiger partial charge is 0.143 e. The van der Waals surface area contributed by atoms with E-state index in [1.165, 1.54) is 0 Å². The van der Waals surface area contributed by atoms with Gasteiger partial charge in [-0.25, -0.2) is 9.97 Å². The van der Waals surface area contributed by atoms with Crippen molar-refractivity contribution in [3.05, 3.63) is 15.1 Å². The molecule has 96 valence electrons. The fourth-order valence-corrected chi connectivity index (χ4v) is 2.12. The van der Waals surface area contributed by atoms with Crippen LogP contribution in [0.15, 0.2) is 0 Å². The molecule has 1 aromatic rings. The van der Waals surface area contributed by atoms with E-state index in [-0.39, 0.29) is 5.92 Å². The Morgan fingerprint density at radius 1 is 1.29 bits per heavy atom. The van der Waals surface area contributed by atoms with E-state index in [9.17, 15) is 0 Å². The average Bonchev–Trinajstić information content (AvgIpc) is 2.32. The highest BCUT2D eigenvalue weighted by Gasteiger charge is 2.15. The van der Waals surface area contributed by atoms with Crippen molar-refractivity contribution in [2.24, 2.45) is 0 Å². The first-order valence-corrected chi connectivity index (χ1v) is 6.43. The van der Waals surface area contributed by atoms with Crippen LogP contribution in [0.3, 0.4) is 0 Å². The second-order valence-electron chi connectivity index (χ2n) is 3.73. The molecule has 5 nitrogen and oxygen atoms in total. The van der Waals surface area contributed by atoms with Gasteiger partial charge in [-0.2, -0.15) is 0 Å². The quantitative estimate of drug-likeness (QED) is 0.795. The van der Waals surface area contributed by atoms with Gasteiger partial charge >= 0.3 is 0 Å². The number of hydrogen-bond acceptors (Lipinski definition) is 5. The summed E-state index contributed by atoms with van der Waals surface area (Å²) in [5.74, 6) is 1.79. The summed E-state index contributed by atoms with van der Waals surface area (Å²) in [5, 5.41) is 3.08. The highest BCUT2D eigenvalue weighted by atomic mass is 127. The van der Waals surface area contributed by atoms with Gasteiger partial charge in [-0.3, -0.25) is 0 Å². The minimum atomic E-state index is 0.166. The van der Waals surface area contributed by atoms with Crippen molar-refractivity contribution in [1.29, 1.82) is 0 Å². The molecule has 1 unspecified atom stereocenters. The van der Waals surface area contributed by atoms with Crippen LogP contribution in [-0.2, 0) is 16.1 Å². The maximum Gasteiger partial charge on any atom is 0.143 e. The number of rotatable bonds is 6. The Bertz CT molecular complexity index is 374. The van der Waals surface area contributed by atoms with E-state index in [4.69, 9.17) is 9.47 Å². The van der Waals surface area contributed by atoms with E-state index >= 15 is 0 Å². The molecule has 1 rings (SSSR count). The molecule has 0 radical (unpaired) electrons. The van der Waals surface area contributed by atoms with Gasteiger partial charge < -0.3 is 14.8 Å². The van der Waals surface area contributed by atoms with Crippen LogP contribution < -0.4 is 5.32 Å². The molecule has 6 heteroatoms. The van der Waals surface area contributed by atoms with Crippen molar-refractivity contribution in [3.63, 3.8) is 0 Å². The van der Waals surface area contributed by atoms with Gasteiger partial charge in [0.15, 0.2) is 0 Å². The van der Waals surface area contributed by atoms with Gasteiger partial charge in [-0.1, -0.05) is 6.92 Å². The third-order valence-electron chi connectivity index (χ3n) is 2.31. The minimum Gasteiger partial charge on any atom is -0.384 e. The summed E-state index contributed by atoms with van der Waals surface area (Å²) >= 11 is 2.23. The number of aromatic nitrogens is 2. The lowest BCUT2D eigenvalue weighted by Gasteiger charge is -2.14. The number of hydrogen-bond donors (Lipinski definition) is 1. The van der Waals surface area contributed by atoms with Crippen LogP contribution in [0.1, 0.15) is 24.4 Å².